The second-order valence-electron chi connectivity index (χ2n) is 32.2. The number of nitrogens with one attached hydrogen (secondary N) is 4. The molecule has 4 aromatic carbocycles. The minimum Gasteiger partial charge on any atom is -0.507 e. The number of piperidine rings is 2. The number of nitrogens with zero attached hydrogens (tertiary/aromatic N) is 10. The Kier molecular flexibility index (Phi) is 26.8. The third kappa shape index (κ3) is 20.7. The van der Waals surface area contributed by atoms with Crippen molar-refractivity contribution in [2.45, 2.75) is 183 Å². The zero-order chi connectivity index (χ0) is 82.0. The summed E-state index contributed by atoms with van der Waals surface area (Å²) in [6, 6.07) is 29.2. The molecule has 0 saturated carbocycles. The number of amides is 6. The smallest absolute Gasteiger partial charge is 0.308 e. The minimum atomic E-state index is -0.951. The highest BCUT2D eigenvalue weighted by Gasteiger charge is 2.48. The monoisotopic (exact) mass is 1590 g/mol. The van der Waals surface area contributed by atoms with Crippen LogP contribution in [-0.2, 0) is 43.1 Å². The zero-order valence-electron chi connectivity index (χ0n) is 66.6. The first kappa shape index (κ1) is 83.9. The number of rotatable bonds is 22. The van der Waals surface area contributed by atoms with Crippen LogP contribution in [0, 0.1) is 36.5 Å². The van der Waals surface area contributed by atoms with Gasteiger partial charge in [-0.25, -0.2) is 9.97 Å². The maximum absolute atomic E-state index is 14.5. The van der Waals surface area contributed by atoms with Crippen molar-refractivity contribution >= 4 is 93.1 Å². The largest absolute Gasteiger partial charge is 0.507 e. The fourth-order valence-corrected chi connectivity index (χ4v) is 16.8. The molecule has 4 aliphatic rings. The van der Waals surface area contributed by atoms with Crippen molar-refractivity contribution in [2.75, 3.05) is 60.5 Å². The van der Waals surface area contributed by atoms with E-state index in [1.807, 2.05) is 153 Å². The lowest BCUT2D eigenvalue weighted by Gasteiger charge is -2.36. The number of hydrogen-bond donors (Lipinski definition) is 8. The number of thiazole rings is 2. The molecule has 4 aliphatic heterocycles. The van der Waals surface area contributed by atoms with Gasteiger partial charge in [0.15, 0.2) is 11.6 Å². The first-order valence-electron chi connectivity index (χ1n) is 38.7. The number of carbonyl (C=O) groups is 8. The molecular weight excluding hydrogens is 1490 g/mol. The number of phenolic OH excluding ortho intramolecular Hbond substituents is 1. The van der Waals surface area contributed by atoms with E-state index in [1.165, 1.54) is 23.6 Å². The average molecular weight is 1590 g/mol. The number of aromatic hydroxyl groups is 1. The normalized spacial score (nSPS) is 18.5. The Hall–Kier alpha value is -11.0. The topological polar surface area (TPSA) is 386 Å². The van der Waals surface area contributed by atoms with Crippen LogP contribution in [0.5, 0.6) is 11.5 Å². The fourth-order valence-electron chi connectivity index (χ4n) is 15.2. The van der Waals surface area contributed by atoms with Crippen LogP contribution in [0.1, 0.15) is 155 Å². The number of phenols is 1. The van der Waals surface area contributed by atoms with Gasteiger partial charge in [-0.3, -0.25) is 38.4 Å². The van der Waals surface area contributed by atoms with E-state index in [9.17, 15) is 48.6 Å². The van der Waals surface area contributed by atoms with Crippen molar-refractivity contribution in [1.82, 2.24) is 61.4 Å². The first-order valence-corrected chi connectivity index (χ1v) is 40.4. The van der Waals surface area contributed by atoms with Crippen LogP contribution in [-0.4, -0.2) is 173 Å². The lowest BCUT2D eigenvalue weighted by Crippen LogP contribution is -2.58. The highest BCUT2D eigenvalue weighted by molar-refractivity contribution is 7.13. The van der Waals surface area contributed by atoms with Crippen molar-refractivity contribution in [3.63, 3.8) is 0 Å². The molecule has 30 heteroatoms. The van der Waals surface area contributed by atoms with E-state index in [-0.39, 0.29) is 104 Å². The van der Waals surface area contributed by atoms with Gasteiger partial charge >= 0.3 is 11.9 Å². The summed E-state index contributed by atoms with van der Waals surface area (Å²) in [4.78, 5) is 125. The van der Waals surface area contributed by atoms with Gasteiger partial charge in [0.1, 0.15) is 41.8 Å². The Morgan fingerprint density at radius 3 is 1.39 bits per heavy atom. The van der Waals surface area contributed by atoms with E-state index in [4.69, 9.17) is 20.9 Å². The van der Waals surface area contributed by atoms with Crippen LogP contribution < -0.4 is 47.3 Å². The van der Waals surface area contributed by atoms with Crippen molar-refractivity contribution < 1.29 is 58.0 Å². The van der Waals surface area contributed by atoms with Gasteiger partial charge in [0, 0.05) is 83.4 Å². The lowest BCUT2D eigenvalue weighted by atomic mass is 9.85. The summed E-state index contributed by atoms with van der Waals surface area (Å²) >= 11 is 3.15. The van der Waals surface area contributed by atoms with Gasteiger partial charge in [-0.2, -0.15) is 0 Å². The fraction of sp³-hybridized carbons (Fsp3) is 0.452. The molecule has 12 rings (SSSR count). The van der Waals surface area contributed by atoms with Gasteiger partial charge in [0.05, 0.1) is 79.7 Å². The number of aliphatic hydroxyl groups excluding tert-OH is 1. The molecule has 28 nitrogen and oxygen atoms in total. The molecule has 8 aromatic rings. The molecular formula is C84H104N16O12S2. The molecule has 114 heavy (non-hydrogen) atoms. The average Bonchev–Trinajstić information content (AvgIpc) is 1.65. The van der Waals surface area contributed by atoms with Crippen molar-refractivity contribution in [2.24, 2.45) is 22.7 Å². The number of β-amino-alcohol motifs (C(OH)–C–C–N with tert-alkyl or cyclic N) is 1. The van der Waals surface area contributed by atoms with E-state index in [0.29, 0.717) is 78.8 Å². The second-order valence-corrected chi connectivity index (χ2v) is 33.9. The summed E-state index contributed by atoms with van der Waals surface area (Å²) in [7, 11) is 0. The van der Waals surface area contributed by atoms with Crippen LogP contribution in [0.15, 0.2) is 120 Å². The molecule has 8 atom stereocenters. The third-order valence-corrected chi connectivity index (χ3v) is 23.4. The summed E-state index contributed by atoms with van der Waals surface area (Å²) in [5.74, 6) is -1.81. The molecule has 4 saturated heterocycles. The SMILES string of the molecule is CC(=O)Oc1ccccc1-c1cc(N2CCC(CC(=O)N[C@H](C(=O)N3C[C@H](OC(C)=O)C[C@H]3C(=O)N[C@@H](C)c3ccc(-c4scnc4C)cc3)C(C)(C)C)CC2)c(N)nn1.Cc1ncsc1-c1ccc([C@H](C)NC(=O)[C@@H]2C[C@@H](O)CN2C(=O)[C@@H](NC(=O)CC2CCN(c3cc(-c4ccccc4O)nnc3N)CC2)C(C)(C)C)cc1. The molecule has 0 spiro atoms. The van der Waals surface area contributed by atoms with Crippen LogP contribution >= 0.6 is 22.7 Å². The molecule has 0 bridgehead atoms. The maximum Gasteiger partial charge on any atom is 0.308 e. The van der Waals surface area contributed by atoms with Gasteiger partial charge in [0.25, 0.3) is 0 Å². The lowest BCUT2D eigenvalue weighted by molar-refractivity contribution is -0.147. The molecule has 0 aliphatic carbocycles. The van der Waals surface area contributed by atoms with Gasteiger partial charge < -0.3 is 72.0 Å². The summed E-state index contributed by atoms with van der Waals surface area (Å²) in [5.41, 5.74) is 24.2. The number of hydrogen-bond acceptors (Lipinski definition) is 24. The number of para-hydroxylation sites is 2. The maximum atomic E-state index is 14.5. The molecule has 4 fully saturated rings. The van der Waals surface area contributed by atoms with Gasteiger partial charge in [0.2, 0.25) is 35.4 Å². The summed E-state index contributed by atoms with van der Waals surface area (Å²) in [6.45, 7) is 24.1. The standard InChI is InChI=1S/C44H54N8O7S.C40H50N8O5S/c1-25(30-12-14-31(15-13-30)39-26(2)46-24-60-39)47-42(56)36-21-32(58-27(3)53)23-52(36)43(57)40(44(5,6)7)48-38(55)20-29-16-18-51(19-17-29)35-22-34(49-50-41(35)45)33-10-8-9-11-37(33)59-28(4)54;1-23(26-10-12-27(13-11-26)35-24(2)42-22-54-35)43-38(52)32-19-28(49)21-48(32)39(53)36(40(3,4)5)44-34(51)18-25-14-16-47(17-15-25)31-20-30(45-46-37(31)41)29-8-6-7-9-33(29)50/h8-15,22,24-25,29,32,36,40H,16-21,23H2,1-7H3,(H2,45,50)(H,47,56)(H,48,55);6-13,20,22-23,25,28,32,36,49-50H,14-19,21H2,1-5H3,(H2,41,46)(H,43,52)(H,44,51)/t25-,32+,36-,40+;23-,28+,32-,36+/m00/s1. The summed E-state index contributed by atoms with van der Waals surface area (Å²) < 4.78 is 10.9. The zero-order valence-corrected chi connectivity index (χ0v) is 68.3. The van der Waals surface area contributed by atoms with E-state index < -0.39 is 65.1 Å². The number of nitrogens with two attached hydrogens (primary N) is 2. The van der Waals surface area contributed by atoms with Crippen LogP contribution in [0.3, 0.4) is 0 Å². The Balaban J connectivity index is 0.000000226. The quantitative estimate of drug-likeness (QED) is 0.0231. The Bertz CT molecular complexity index is 4780. The van der Waals surface area contributed by atoms with E-state index in [1.54, 1.807) is 59.1 Å². The molecule has 8 heterocycles. The number of aryl methyl sites for hydroxylation is 2. The number of ether oxygens (including phenoxy) is 2. The number of anilines is 4. The van der Waals surface area contributed by atoms with E-state index in [0.717, 1.165) is 61.9 Å². The van der Waals surface area contributed by atoms with Gasteiger partial charge in [-0.05, 0) is 135 Å². The highest BCUT2D eigenvalue weighted by atomic mass is 32.1. The third-order valence-electron chi connectivity index (χ3n) is 21.5. The number of aliphatic hydroxyl groups is 1. The number of benzene rings is 4. The number of aromatic nitrogens is 6. The summed E-state index contributed by atoms with van der Waals surface area (Å²) in [6.07, 6.45) is 1.98. The first-order chi connectivity index (χ1) is 54.2. The number of carbonyl (C=O) groups excluding carboxylic acids is 8. The predicted molar refractivity (Wildman–Crippen MR) is 438 cm³/mol. The van der Waals surface area contributed by atoms with Crippen LogP contribution in [0.4, 0.5) is 23.0 Å². The Morgan fingerprint density at radius 1 is 0.553 bits per heavy atom. The molecule has 6 amide bonds. The predicted octanol–water partition coefficient (Wildman–Crippen LogP) is 10.5. The van der Waals surface area contributed by atoms with Crippen molar-refractivity contribution in [3.05, 3.63) is 143 Å². The van der Waals surface area contributed by atoms with Crippen LogP contribution in [0.2, 0.25) is 0 Å². The van der Waals surface area contributed by atoms with E-state index in [2.05, 4.69) is 61.4 Å². The Morgan fingerprint density at radius 2 is 0.974 bits per heavy atom. The molecule has 0 radical (unpaired) electrons. The van der Waals surface area contributed by atoms with Crippen LogP contribution in [0.25, 0.3) is 43.4 Å². The minimum absolute atomic E-state index is 0.00765. The summed E-state index contributed by atoms with van der Waals surface area (Å²) in [5, 5.41) is 49.9. The number of nitrogen functional groups attached to an aromatic ring is 2. The molecule has 10 N–H and O–H groups in total. The van der Waals surface area contributed by atoms with Crippen molar-refractivity contribution in [1.29, 1.82) is 0 Å². The van der Waals surface area contributed by atoms with Gasteiger partial charge in [-0.1, -0.05) is 114 Å². The number of esters is 2. The second kappa shape index (κ2) is 36.4. The number of likely N-dealkylation sites (tertiary alicyclic amines) is 2. The molecule has 0 unspecified atom stereocenters. The van der Waals surface area contributed by atoms with Crippen molar-refractivity contribution in [3.8, 4) is 54.9 Å². The molecule has 4 aromatic heterocycles. The Labute approximate surface area is 672 Å². The van der Waals surface area contributed by atoms with Gasteiger partial charge in [-0.15, -0.1) is 43.1 Å². The van der Waals surface area contributed by atoms with E-state index >= 15 is 0 Å². The molecule has 604 valence electrons. The highest BCUT2D eigenvalue weighted by Crippen LogP contribution is 2.39.